The second-order valence-electron chi connectivity index (χ2n) is 3.95. The Morgan fingerprint density at radius 2 is 1.44 bits per heavy atom. The molecule has 0 radical (unpaired) electrons. The summed E-state index contributed by atoms with van der Waals surface area (Å²) < 4.78 is 0. The Bertz CT molecular complexity index is 195. The molecule has 0 rings (SSSR count). The van der Waals surface area contributed by atoms with Crippen molar-refractivity contribution in [1.29, 1.82) is 0 Å². The number of hydrogen-bond donors (Lipinski definition) is 4. The first-order valence-electron chi connectivity index (χ1n) is 6.16. The van der Waals surface area contributed by atoms with Crippen LogP contribution in [0, 0.1) is 0 Å². The van der Waals surface area contributed by atoms with Crippen LogP contribution in [0.2, 0.25) is 0 Å². The van der Waals surface area contributed by atoms with Crippen LogP contribution >= 0.6 is 0 Å². The minimum Gasteiger partial charge on any atom is -0.481 e. The van der Waals surface area contributed by atoms with E-state index >= 15 is 0 Å². The van der Waals surface area contributed by atoms with E-state index in [1.807, 2.05) is 6.92 Å². The highest BCUT2D eigenvalue weighted by molar-refractivity contribution is 5.67. The quantitative estimate of drug-likeness (QED) is 0.466. The normalized spacial score (nSPS) is 11.3. The van der Waals surface area contributed by atoms with Crippen molar-refractivity contribution < 1.29 is 30.0 Å². The van der Waals surface area contributed by atoms with Crippen molar-refractivity contribution in [3.05, 3.63) is 0 Å². The maximum atomic E-state index is 9.90. The smallest absolute Gasteiger partial charge is 0.303 e. The van der Waals surface area contributed by atoms with Crippen LogP contribution in [0.1, 0.15) is 51.9 Å². The molecular formula is C12H24O6. The van der Waals surface area contributed by atoms with Gasteiger partial charge in [-0.2, -0.15) is 0 Å². The lowest BCUT2D eigenvalue weighted by Gasteiger charge is -2.04. The van der Waals surface area contributed by atoms with Crippen LogP contribution in [0.5, 0.6) is 0 Å². The molecular weight excluding hydrogens is 240 g/mol. The van der Waals surface area contributed by atoms with E-state index in [2.05, 4.69) is 0 Å². The van der Waals surface area contributed by atoms with Gasteiger partial charge in [0.1, 0.15) is 0 Å². The SMILES string of the molecule is CCCC(O)CCO.O=C(O)CCCCC(=O)O. The summed E-state index contributed by atoms with van der Waals surface area (Å²) in [5.41, 5.74) is 0. The molecule has 0 saturated carbocycles. The summed E-state index contributed by atoms with van der Waals surface area (Å²) >= 11 is 0. The highest BCUT2D eigenvalue weighted by Crippen LogP contribution is 1.99. The summed E-state index contributed by atoms with van der Waals surface area (Å²) in [6.07, 6.45) is 3.05. The lowest BCUT2D eigenvalue weighted by molar-refractivity contribution is -0.139. The zero-order valence-corrected chi connectivity index (χ0v) is 10.8. The maximum Gasteiger partial charge on any atom is 0.303 e. The van der Waals surface area contributed by atoms with Gasteiger partial charge in [0.15, 0.2) is 0 Å². The van der Waals surface area contributed by atoms with E-state index in [-0.39, 0.29) is 25.6 Å². The van der Waals surface area contributed by atoms with Gasteiger partial charge >= 0.3 is 11.9 Å². The molecule has 0 aromatic heterocycles. The number of carbonyl (C=O) groups is 2. The summed E-state index contributed by atoms with van der Waals surface area (Å²) in [6.45, 7) is 2.11. The van der Waals surface area contributed by atoms with Crippen LogP contribution in [0.25, 0.3) is 0 Å². The molecule has 0 amide bonds. The van der Waals surface area contributed by atoms with Gasteiger partial charge in [-0.15, -0.1) is 0 Å². The molecule has 0 aromatic rings. The molecule has 18 heavy (non-hydrogen) atoms. The first-order valence-corrected chi connectivity index (χ1v) is 6.16. The predicted octanol–water partition coefficient (Wildman–Crippen LogP) is 1.25. The van der Waals surface area contributed by atoms with Gasteiger partial charge in [-0.25, -0.2) is 0 Å². The highest BCUT2D eigenvalue weighted by atomic mass is 16.4. The Hall–Kier alpha value is -1.14. The zero-order chi connectivity index (χ0) is 14.4. The van der Waals surface area contributed by atoms with E-state index in [1.165, 1.54) is 0 Å². The number of carboxylic acid groups (broad SMARTS) is 2. The van der Waals surface area contributed by atoms with Crippen LogP contribution < -0.4 is 0 Å². The van der Waals surface area contributed by atoms with E-state index in [0.717, 1.165) is 12.8 Å². The fraction of sp³-hybridized carbons (Fsp3) is 0.833. The first kappa shape index (κ1) is 19.2. The third-order valence-electron chi connectivity index (χ3n) is 2.12. The summed E-state index contributed by atoms with van der Waals surface area (Å²) in [6, 6.07) is 0. The predicted molar refractivity (Wildman–Crippen MR) is 66.4 cm³/mol. The molecule has 0 aliphatic rings. The average molecular weight is 264 g/mol. The van der Waals surface area contributed by atoms with Crippen LogP contribution in [0.15, 0.2) is 0 Å². The Kier molecular flexibility index (Phi) is 14.9. The van der Waals surface area contributed by atoms with Gasteiger partial charge < -0.3 is 20.4 Å². The first-order chi connectivity index (χ1) is 8.43. The molecule has 6 nitrogen and oxygen atoms in total. The number of unbranched alkanes of at least 4 members (excludes halogenated alkanes) is 1. The van der Waals surface area contributed by atoms with Crippen molar-refractivity contribution in [1.82, 2.24) is 0 Å². The minimum absolute atomic E-state index is 0.0628. The van der Waals surface area contributed by atoms with Crippen molar-refractivity contribution in [2.75, 3.05) is 6.61 Å². The van der Waals surface area contributed by atoms with Crippen molar-refractivity contribution in [2.24, 2.45) is 0 Å². The number of rotatable bonds is 9. The number of aliphatic carboxylic acids is 2. The lowest BCUT2D eigenvalue weighted by atomic mass is 10.2. The molecule has 0 spiro atoms. The monoisotopic (exact) mass is 264 g/mol. The van der Waals surface area contributed by atoms with E-state index in [0.29, 0.717) is 19.3 Å². The molecule has 6 heteroatoms. The van der Waals surface area contributed by atoms with E-state index in [1.54, 1.807) is 0 Å². The van der Waals surface area contributed by atoms with Crippen molar-refractivity contribution >= 4 is 11.9 Å². The summed E-state index contributed by atoms with van der Waals surface area (Å²) in [5.74, 6) is -1.74. The summed E-state index contributed by atoms with van der Waals surface area (Å²) in [4.78, 5) is 19.8. The van der Waals surface area contributed by atoms with Gasteiger partial charge in [-0.05, 0) is 25.7 Å². The van der Waals surface area contributed by atoms with Gasteiger partial charge in [0.2, 0.25) is 0 Å². The molecule has 108 valence electrons. The highest BCUT2D eigenvalue weighted by Gasteiger charge is 1.99. The lowest BCUT2D eigenvalue weighted by Crippen LogP contribution is -2.07. The number of hydrogen-bond acceptors (Lipinski definition) is 4. The second-order valence-corrected chi connectivity index (χ2v) is 3.95. The van der Waals surface area contributed by atoms with Gasteiger partial charge in [0, 0.05) is 19.4 Å². The Morgan fingerprint density at radius 1 is 1.00 bits per heavy atom. The molecule has 1 unspecified atom stereocenters. The standard InChI is InChI=1S/C6H10O4.C6H14O2/c7-5(8)3-1-2-4-6(9)10;1-2-3-6(8)4-5-7/h1-4H2,(H,7,8)(H,9,10);6-8H,2-5H2,1H3. The zero-order valence-electron chi connectivity index (χ0n) is 10.8. The molecule has 0 saturated heterocycles. The van der Waals surface area contributed by atoms with Crippen molar-refractivity contribution in [2.45, 2.75) is 58.0 Å². The third-order valence-corrected chi connectivity index (χ3v) is 2.12. The largest absolute Gasteiger partial charge is 0.481 e. The molecule has 0 heterocycles. The van der Waals surface area contributed by atoms with Gasteiger partial charge in [0.25, 0.3) is 0 Å². The van der Waals surface area contributed by atoms with Crippen LogP contribution in [-0.2, 0) is 9.59 Å². The Morgan fingerprint density at radius 3 is 1.72 bits per heavy atom. The average Bonchev–Trinajstić information content (AvgIpc) is 2.25. The molecule has 0 bridgehead atoms. The summed E-state index contributed by atoms with van der Waals surface area (Å²) in [7, 11) is 0. The van der Waals surface area contributed by atoms with Gasteiger partial charge in [-0.1, -0.05) is 13.3 Å². The van der Waals surface area contributed by atoms with E-state index < -0.39 is 11.9 Å². The molecule has 0 aliphatic heterocycles. The molecule has 0 aliphatic carbocycles. The topological polar surface area (TPSA) is 115 Å². The summed E-state index contributed by atoms with van der Waals surface area (Å²) in [5, 5.41) is 33.5. The second kappa shape index (κ2) is 13.9. The van der Waals surface area contributed by atoms with Crippen LogP contribution in [0.3, 0.4) is 0 Å². The maximum absolute atomic E-state index is 9.90. The van der Waals surface area contributed by atoms with E-state index in [4.69, 9.17) is 20.4 Å². The third kappa shape index (κ3) is 20.3. The van der Waals surface area contributed by atoms with Crippen molar-refractivity contribution in [3.63, 3.8) is 0 Å². The molecule has 4 N–H and O–H groups in total. The Balaban J connectivity index is 0. The molecule has 0 aromatic carbocycles. The molecule has 0 fully saturated rings. The van der Waals surface area contributed by atoms with E-state index in [9.17, 15) is 9.59 Å². The fourth-order valence-corrected chi connectivity index (χ4v) is 1.18. The van der Waals surface area contributed by atoms with Gasteiger partial charge in [-0.3, -0.25) is 9.59 Å². The van der Waals surface area contributed by atoms with Crippen LogP contribution in [-0.4, -0.2) is 45.1 Å². The fourth-order valence-electron chi connectivity index (χ4n) is 1.18. The van der Waals surface area contributed by atoms with Gasteiger partial charge in [0.05, 0.1) is 6.10 Å². The Labute approximate surface area is 107 Å². The molecule has 1 atom stereocenters. The number of carboxylic acids is 2. The van der Waals surface area contributed by atoms with Crippen LogP contribution in [0.4, 0.5) is 0 Å². The minimum atomic E-state index is -0.870. The number of aliphatic hydroxyl groups excluding tert-OH is 2. The van der Waals surface area contributed by atoms with Crippen molar-refractivity contribution in [3.8, 4) is 0 Å². The number of aliphatic hydroxyl groups is 2.